The lowest BCUT2D eigenvalue weighted by molar-refractivity contribution is -0.144. The van der Waals surface area contributed by atoms with E-state index in [0.717, 1.165) is 25.9 Å². The second-order valence-corrected chi connectivity index (χ2v) is 4.33. The highest BCUT2D eigenvalue weighted by Gasteiger charge is 2.30. The Morgan fingerprint density at radius 1 is 1.27 bits per heavy atom. The first-order valence-corrected chi connectivity index (χ1v) is 5.13. The van der Waals surface area contributed by atoms with Crippen LogP contribution < -0.4 is 0 Å². The molecule has 0 radical (unpaired) electrons. The molecule has 86 valence electrons. The van der Waals surface area contributed by atoms with Crippen LogP contribution in [0.1, 0.15) is 32.6 Å². The first-order chi connectivity index (χ1) is 6.91. The number of amides is 1. The van der Waals surface area contributed by atoms with Crippen molar-refractivity contribution in [3.63, 3.8) is 0 Å². The molecule has 15 heavy (non-hydrogen) atoms. The van der Waals surface area contributed by atoms with E-state index in [9.17, 15) is 14.7 Å². The Labute approximate surface area is 88.7 Å². The van der Waals surface area contributed by atoms with E-state index in [-0.39, 0.29) is 12.3 Å². The summed E-state index contributed by atoms with van der Waals surface area (Å²) in [6, 6.07) is 0. The molecule has 0 aromatic carbocycles. The molecular weight excluding hydrogens is 198 g/mol. The molecule has 1 fully saturated rings. The largest absolute Gasteiger partial charge is 0.481 e. The fourth-order valence-corrected chi connectivity index (χ4v) is 1.79. The van der Waals surface area contributed by atoms with E-state index in [1.54, 1.807) is 4.90 Å². The van der Waals surface area contributed by atoms with Gasteiger partial charge in [0.15, 0.2) is 0 Å². The number of nitrogens with zero attached hydrogens (tertiary/aromatic N) is 1. The summed E-state index contributed by atoms with van der Waals surface area (Å²) in [7, 11) is 0. The average molecular weight is 215 g/mol. The molecular formula is C10H17NO4. The van der Waals surface area contributed by atoms with E-state index < -0.39 is 18.0 Å². The number of rotatable bonds is 4. The van der Waals surface area contributed by atoms with Crippen LogP contribution in [0.4, 0.5) is 0 Å². The van der Waals surface area contributed by atoms with Gasteiger partial charge in [-0.1, -0.05) is 0 Å². The zero-order valence-electron chi connectivity index (χ0n) is 8.90. The van der Waals surface area contributed by atoms with Crippen molar-refractivity contribution < 1.29 is 19.8 Å². The van der Waals surface area contributed by atoms with Gasteiger partial charge in [-0.2, -0.15) is 0 Å². The van der Waals surface area contributed by atoms with Crippen LogP contribution in [0.3, 0.4) is 0 Å². The van der Waals surface area contributed by atoms with Crippen LogP contribution in [-0.2, 0) is 9.59 Å². The summed E-state index contributed by atoms with van der Waals surface area (Å²) >= 11 is 0. The number of hydrogen-bond donors (Lipinski definition) is 2. The standard InChI is InChI=1S/C10H17NO4/c1-10(15,7-9(13)14)6-8(12)11-4-2-3-5-11/h15H,2-7H2,1H3,(H,13,14). The molecule has 0 bridgehead atoms. The third-order valence-electron chi connectivity index (χ3n) is 2.52. The highest BCUT2D eigenvalue weighted by molar-refractivity contribution is 5.78. The van der Waals surface area contributed by atoms with E-state index in [0.29, 0.717) is 0 Å². The van der Waals surface area contributed by atoms with Gasteiger partial charge >= 0.3 is 5.97 Å². The average Bonchev–Trinajstić information content (AvgIpc) is 2.50. The van der Waals surface area contributed by atoms with Crippen molar-refractivity contribution in [3.05, 3.63) is 0 Å². The van der Waals surface area contributed by atoms with Gasteiger partial charge in [-0.15, -0.1) is 0 Å². The quantitative estimate of drug-likeness (QED) is 0.703. The summed E-state index contributed by atoms with van der Waals surface area (Å²) in [4.78, 5) is 23.7. The molecule has 0 aromatic heterocycles. The van der Waals surface area contributed by atoms with Gasteiger partial charge in [0.05, 0.1) is 18.4 Å². The van der Waals surface area contributed by atoms with Crippen molar-refractivity contribution in [2.45, 2.75) is 38.2 Å². The topological polar surface area (TPSA) is 77.8 Å². The first kappa shape index (κ1) is 12.0. The molecule has 1 aliphatic rings. The van der Waals surface area contributed by atoms with Crippen molar-refractivity contribution >= 4 is 11.9 Å². The minimum Gasteiger partial charge on any atom is -0.481 e. The lowest BCUT2D eigenvalue weighted by atomic mass is 9.97. The second-order valence-electron chi connectivity index (χ2n) is 4.33. The number of carbonyl (C=O) groups is 2. The summed E-state index contributed by atoms with van der Waals surface area (Å²) in [5, 5.41) is 18.2. The van der Waals surface area contributed by atoms with Gasteiger partial charge in [0, 0.05) is 13.1 Å². The van der Waals surface area contributed by atoms with E-state index >= 15 is 0 Å². The molecule has 0 saturated carbocycles. The van der Waals surface area contributed by atoms with E-state index in [1.165, 1.54) is 6.92 Å². The number of aliphatic carboxylic acids is 1. The first-order valence-electron chi connectivity index (χ1n) is 5.13. The van der Waals surface area contributed by atoms with Gasteiger partial charge in [-0.3, -0.25) is 9.59 Å². The molecule has 1 heterocycles. The van der Waals surface area contributed by atoms with Crippen LogP contribution in [0.25, 0.3) is 0 Å². The third kappa shape index (κ3) is 3.87. The fourth-order valence-electron chi connectivity index (χ4n) is 1.79. The number of aliphatic hydroxyl groups is 1. The molecule has 0 aromatic rings. The van der Waals surface area contributed by atoms with Crippen molar-refractivity contribution in [1.82, 2.24) is 4.90 Å². The molecule has 0 spiro atoms. The van der Waals surface area contributed by atoms with Crippen LogP contribution in [0.5, 0.6) is 0 Å². The van der Waals surface area contributed by atoms with Crippen LogP contribution >= 0.6 is 0 Å². The van der Waals surface area contributed by atoms with E-state index in [2.05, 4.69) is 0 Å². The Bertz CT molecular complexity index is 256. The van der Waals surface area contributed by atoms with E-state index in [1.807, 2.05) is 0 Å². The monoisotopic (exact) mass is 215 g/mol. The highest BCUT2D eigenvalue weighted by atomic mass is 16.4. The number of likely N-dealkylation sites (tertiary alicyclic amines) is 1. The van der Waals surface area contributed by atoms with Crippen LogP contribution in [0.15, 0.2) is 0 Å². The fraction of sp³-hybridized carbons (Fsp3) is 0.800. The normalized spacial score (nSPS) is 20.0. The molecule has 5 heteroatoms. The molecule has 1 unspecified atom stereocenters. The second kappa shape index (κ2) is 4.61. The third-order valence-corrected chi connectivity index (χ3v) is 2.52. The maximum absolute atomic E-state index is 11.6. The summed E-state index contributed by atoms with van der Waals surface area (Å²) < 4.78 is 0. The van der Waals surface area contributed by atoms with Crippen molar-refractivity contribution in [2.75, 3.05) is 13.1 Å². The molecule has 1 rings (SSSR count). The maximum atomic E-state index is 11.6. The minimum atomic E-state index is -1.44. The molecule has 5 nitrogen and oxygen atoms in total. The van der Waals surface area contributed by atoms with Gasteiger partial charge < -0.3 is 15.1 Å². The predicted octanol–water partition coefficient (Wildman–Crippen LogP) is 0.225. The highest BCUT2D eigenvalue weighted by Crippen LogP contribution is 2.18. The van der Waals surface area contributed by atoms with Gasteiger partial charge in [-0.05, 0) is 19.8 Å². The number of carboxylic acid groups (broad SMARTS) is 1. The van der Waals surface area contributed by atoms with E-state index in [4.69, 9.17) is 5.11 Å². The lowest BCUT2D eigenvalue weighted by Gasteiger charge is -2.24. The summed E-state index contributed by atoms with van der Waals surface area (Å²) in [6.45, 7) is 2.83. The number of hydrogen-bond acceptors (Lipinski definition) is 3. The maximum Gasteiger partial charge on any atom is 0.306 e. The number of carbonyl (C=O) groups excluding carboxylic acids is 1. The Morgan fingerprint density at radius 3 is 2.27 bits per heavy atom. The zero-order valence-corrected chi connectivity index (χ0v) is 8.90. The summed E-state index contributed by atoms with van der Waals surface area (Å²) in [5.41, 5.74) is -1.44. The zero-order chi connectivity index (χ0) is 11.5. The van der Waals surface area contributed by atoms with Crippen molar-refractivity contribution in [1.29, 1.82) is 0 Å². The van der Waals surface area contributed by atoms with Crippen molar-refractivity contribution in [3.8, 4) is 0 Å². The Balaban J connectivity index is 2.44. The SMILES string of the molecule is CC(O)(CC(=O)O)CC(=O)N1CCCC1. The molecule has 1 amide bonds. The Morgan fingerprint density at radius 2 is 1.80 bits per heavy atom. The molecule has 1 saturated heterocycles. The number of carboxylic acids is 1. The van der Waals surface area contributed by atoms with Crippen LogP contribution in [-0.4, -0.2) is 45.7 Å². The lowest BCUT2D eigenvalue weighted by Crippen LogP contribution is -2.37. The molecule has 0 aliphatic carbocycles. The minimum absolute atomic E-state index is 0.112. The van der Waals surface area contributed by atoms with Gasteiger partial charge in [0.2, 0.25) is 5.91 Å². The van der Waals surface area contributed by atoms with Crippen LogP contribution in [0, 0.1) is 0 Å². The smallest absolute Gasteiger partial charge is 0.306 e. The van der Waals surface area contributed by atoms with Gasteiger partial charge in [-0.25, -0.2) is 0 Å². The molecule has 1 atom stereocenters. The summed E-state index contributed by atoms with van der Waals surface area (Å²) in [5.74, 6) is -1.24. The van der Waals surface area contributed by atoms with Crippen molar-refractivity contribution in [2.24, 2.45) is 0 Å². The predicted molar refractivity (Wildman–Crippen MR) is 53.3 cm³/mol. The van der Waals surface area contributed by atoms with Gasteiger partial charge in [0.1, 0.15) is 0 Å². The molecule has 2 N–H and O–H groups in total. The molecule has 1 aliphatic heterocycles. The van der Waals surface area contributed by atoms with Gasteiger partial charge in [0.25, 0.3) is 0 Å². The Hall–Kier alpha value is -1.10. The van der Waals surface area contributed by atoms with Crippen LogP contribution in [0.2, 0.25) is 0 Å². The Kier molecular flexibility index (Phi) is 3.68. The summed E-state index contributed by atoms with van der Waals surface area (Å²) in [6.07, 6.45) is 1.48.